The van der Waals surface area contributed by atoms with E-state index >= 15 is 0 Å². The van der Waals surface area contributed by atoms with Gasteiger partial charge in [0, 0.05) is 35.9 Å². The average Bonchev–Trinajstić information content (AvgIpc) is 2.82. The number of carbonyl (C=O) groups is 1. The number of nitrogens with zero attached hydrogens (tertiary/aromatic N) is 2. The third-order valence-corrected chi connectivity index (χ3v) is 4.86. The highest BCUT2D eigenvalue weighted by atomic mass is 19.1. The molecule has 0 unspecified atom stereocenters. The van der Waals surface area contributed by atoms with Gasteiger partial charge in [0.1, 0.15) is 28.7 Å². The molecule has 35 heavy (non-hydrogen) atoms. The lowest BCUT2D eigenvalue weighted by molar-refractivity contribution is 0.102. The average molecular weight is 478 g/mol. The Bertz CT molecular complexity index is 1440. The first kappa shape index (κ1) is 23.4. The number of anilines is 2. The van der Waals surface area contributed by atoms with E-state index in [4.69, 9.17) is 15.2 Å². The number of nitrogens with two attached hydrogens (primary N) is 1. The van der Waals surface area contributed by atoms with Crippen molar-refractivity contribution in [3.8, 4) is 22.9 Å². The summed E-state index contributed by atoms with van der Waals surface area (Å²) in [5.74, 6) is -1.55. The normalized spacial score (nSPS) is 10.6. The molecule has 8 nitrogen and oxygen atoms in total. The highest BCUT2D eigenvalue weighted by Gasteiger charge is 2.21. The Labute approximate surface area is 198 Å². The number of hydrogen-bond donors (Lipinski definition) is 2. The molecule has 2 heterocycles. The zero-order chi connectivity index (χ0) is 24.9. The highest BCUT2D eigenvalue weighted by Crippen LogP contribution is 2.28. The monoisotopic (exact) mass is 478 g/mol. The minimum absolute atomic E-state index is 0.0593. The molecule has 2 aromatic carbocycles. The number of pyridine rings is 2. The zero-order valence-electron chi connectivity index (χ0n) is 18.5. The van der Waals surface area contributed by atoms with Crippen molar-refractivity contribution in [3.05, 3.63) is 101 Å². The van der Waals surface area contributed by atoms with Gasteiger partial charge in [0.25, 0.3) is 11.5 Å². The fourth-order valence-corrected chi connectivity index (χ4v) is 3.28. The van der Waals surface area contributed by atoms with Gasteiger partial charge in [0.2, 0.25) is 0 Å². The Kier molecular flexibility index (Phi) is 6.72. The van der Waals surface area contributed by atoms with Gasteiger partial charge in [0.15, 0.2) is 11.6 Å². The van der Waals surface area contributed by atoms with E-state index in [1.807, 2.05) is 0 Å². The second-order valence-electron chi connectivity index (χ2n) is 7.26. The number of carbonyl (C=O) groups excluding carboxylic acids is 1. The first-order chi connectivity index (χ1) is 16.9. The molecule has 0 radical (unpaired) electrons. The number of rotatable bonds is 7. The fraction of sp³-hybridized carbons (Fsp3) is 0.0800. The second kappa shape index (κ2) is 10.0. The number of hydrogen-bond acceptors (Lipinski definition) is 6. The van der Waals surface area contributed by atoms with Crippen LogP contribution in [0.15, 0.2) is 77.9 Å². The van der Waals surface area contributed by atoms with E-state index in [0.717, 1.165) is 6.07 Å². The van der Waals surface area contributed by atoms with Crippen LogP contribution in [0.2, 0.25) is 0 Å². The van der Waals surface area contributed by atoms with Crippen molar-refractivity contribution in [1.29, 1.82) is 0 Å². The summed E-state index contributed by atoms with van der Waals surface area (Å²) in [6.45, 7) is 1.91. The number of halogens is 2. The molecule has 2 aromatic heterocycles. The minimum atomic E-state index is -0.801. The van der Waals surface area contributed by atoms with Gasteiger partial charge in [-0.25, -0.2) is 13.8 Å². The van der Waals surface area contributed by atoms with E-state index < -0.39 is 23.1 Å². The molecule has 0 fully saturated rings. The van der Waals surface area contributed by atoms with E-state index in [2.05, 4.69) is 10.3 Å². The molecular formula is C25H20F2N4O4. The lowest BCUT2D eigenvalue weighted by Crippen LogP contribution is -2.29. The quantitative estimate of drug-likeness (QED) is 0.404. The van der Waals surface area contributed by atoms with Gasteiger partial charge >= 0.3 is 0 Å². The van der Waals surface area contributed by atoms with E-state index in [1.165, 1.54) is 71.6 Å². The van der Waals surface area contributed by atoms with Crippen molar-refractivity contribution in [2.45, 2.75) is 6.92 Å². The molecule has 1 amide bonds. The molecule has 178 valence electrons. The first-order valence-electron chi connectivity index (χ1n) is 10.5. The fourth-order valence-electron chi connectivity index (χ4n) is 3.28. The standard InChI is InChI=1S/C25H20F2N4O4/c1-2-34-21-10-12-31(17-6-3-15(26)4-7-17)25(33)23(21)24(32)30-16-5-8-20(19(27)13-16)35-18-9-11-29-22(28)14-18/h3-14H,2H2,1H3,(H2,28,29)(H,30,32). The van der Waals surface area contributed by atoms with Gasteiger partial charge in [-0.3, -0.25) is 14.2 Å². The molecule has 0 spiro atoms. The summed E-state index contributed by atoms with van der Waals surface area (Å²) < 4.78 is 40.1. The van der Waals surface area contributed by atoms with Crippen molar-refractivity contribution in [2.75, 3.05) is 17.7 Å². The van der Waals surface area contributed by atoms with E-state index in [-0.39, 0.29) is 35.2 Å². The van der Waals surface area contributed by atoms with Crippen molar-refractivity contribution in [3.63, 3.8) is 0 Å². The van der Waals surface area contributed by atoms with Crippen molar-refractivity contribution in [2.24, 2.45) is 0 Å². The van der Waals surface area contributed by atoms with Gasteiger partial charge in [-0.1, -0.05) is 0 Å². The molecule has 0 aliphatic carbocycles. The number of ether oxygens (including phenoxy) is 2. The molecule has 0 aliphatic rings. The molecular weight excluding hydrogens is 458 g/mol. The Hall–Kier alpha value is -4.73. The third kappa shape index (κ3) is 5.27. The molecule has 0 atom stereocenters. The molecule has 0 saturated carbocycles. The minimum Gasteiger partial charge on any atom is -0.493 e. The summed E-state index contributed by atoms with van der Waals surface area (Å²) in [6.07, 6.45) is 2.85. The summed E-state index contributed by atoms with van der Waals surface area (Å²) in [5, 5.41) is 2.51. The summed E-state index contributed by atoms with van der Waals surface area (Å²) >= 11 is 0. The Morgan fingerprint density at radius 2 is 1.83 bits per heavy atom. The predicted molar refractivity (Wildman–Crippen MR) is 126 cm³/mol. The number of amides is 1. The Balaban J connectivity index is 1.62. The smallest absolute Gasteiger partial charge is 0.271 e. The highest BCUT2D eigenvalue weighted by molar-refractivity contribution is 6.06. The Morgan fingerprint density at radius 1 is 1.06 bits per heavy atom. The molecule has 10 heteroatoms. The molecule has 0 saturated heterocycles. The van der Waals surface area contributed by atoms with E-state index in [0.29, 0.717) is 11.4 Å². The molecule has 0 bridgehead atoms. The molecule has 3 N–H and O–H groups in total. The van der Waals surface area contributed by atoms with Gasteiger partial charge < -0.3 is 20.5 Å². The van der Waals surface area contributed by atoms with Crippen LogP contribution in [-0.4, -0.2) is 22.1 Å². The van der Waals surface area contributed by atoms with Gasteiger partial charge in [-0.2, -0.15) is 0 Å². The lowest BCUT2D eigenvalue weighted by atomic mass is 10.2. The first-order valence-corrected chi connectivity index (χ1v) is 10.5. The van der Waals surface area contributed by atoms with Crippen LogP contribution in [0.5, 0.6) is 17.2 Å². The van der Waals surface area contributed by atoms with Gasteiger partial charge in [-0.05, 0) is 55.5 Å². The van der Waals surface area contributed by atoms with Crippen molar-refractivity contribution in [1.82, 2.24) is 9.55 Å². The van der Waals surface area contributed by atoms with Crippen LogP contribution in [0, 0.1) is 11.6 Å². The maximum absolute atomic E-state index is 14.6. The van der Waals surface area contributed by atoms with Crippen molar-refractivity contribution < 1.29 is 23.0 Å². The lowest BCUT2D eigenvalue weighted by Gasteiger charge is -2.14. The van der Waals surface area contributed by atoms with Crippen LogP contribution in [0.1, 0.15) is 17.3 Å². The van der Waals surface area contributed by atoms with E-state index in [9.17, 15) is 18.4 Å². The van der Waals surface area contributed by atoms with Crippen LogP contribution in [0.3, 0.4) is 0 Å². The maximum Gasteiger partial charge on any atom is 0.271 e. The summed E-state index contributed by atoms with van der Waals surface area (Å²) in [7, 11) is 0. The summed E-state index contributed by atoms with van der Waals surface area (Å²) in [6, 6.07) is 13.4. The number of aromatic nitrogens is 2. The van der Waals surface area contributed by atoms with Crippen LogP contribution in [0.4, 0.5) is 20.3 Å². The second-order valence-corrected chi connectivity index (χ2v) is 7.26. The number of nitrogens with one attached hydrogen (secondary N) is 1. The molecule has 4 rings (SSSR count). The topological polar surface area (TPSA) is 108 Å². The van der Waals surface area contributed by atoms with Crippen LogP contribution >= 0.6 is 0 Å². The van der Waals surface area contributed by atoms with Crippen LogP contribution < -0.4 is 26.1 Å². The van der Waals surface area contributed by atoms with E-state index in [1.54, 1.807) is 6.92 Å². The predicted octanol–water partition coefficient (Wildman–Crippen LogP) is 4.54. The van der Waals surface area contributed by atoms with Crippen LogP contribution in [-0.2, 0) is 0 Å². The third-order valence-electron chi connectivity index (χ3n) is 4.86. The van der Waals surface area contributed by atoms with Crippen LogP contribution in [0.25, 0.3) is 5.69 Å². The van der Waals surface area contributed by atoms with Gasteiger partial charge in [0.05, 0.1) is 6.61 Å². The number of benzene rings is 2. The number of nitrogen functional groups attached to an aromatic ring is 1. The largest absolute Gasteiger partial charge is 0.493 e. The zero-order valence-corrected chi connectivity index (χ0v) is 18.5. The van der Waals surface area contributed by atoms with Crippen molar-refractivity contribution >= 4 is 17.4 Å². The summed E-state index contributed by atoms with van der Waals surface area (Å²) in [5.41, 5.74) is 5.08. The molecule has 0 aliphatic heterocycles. The SMILES string of the molecule is CCOc1ccn(-c2ccc(F)cc2)c(=O)c1C(=O)Nc1ccc(Oc2ccnc(N)c2)c(F)c1. The summed E-state index contributed by atoms with van der Waals surface area (Å²) in [4.78, 5) is 30.0. The molecule has 4 aromatic rings. The maximum atomic E-state index is 14.6. The van der Waals surface area contributed by atoms with Gasteiger partial charge in [-0.15, -0.1) is 0 Å². The Morgan fingerprint density at radius 3 is 2.51 bits per heavy atom.